The number of anilines is 2. The van der Waals surface area contributed by atoms with Crippen LogP contribution in [-0.2, 0) is 4.74 Å². The van der Waals surface area contributed by atoms with Crippen LogP contribution in [0, 0.1) is 5.41 Å². The Morgan fingerprint density at radius 3 is 2.72 bits per heavy atom. The number of thiazole rings is 1. The highest BCUT2D eigenvalue weighted by Gasteiger charge is 2.36. The number of hydrogen-bond acceptors (Lipinski definition) is 8. The van der Waals surface area contributed by atoms with Gasteiger partial charge in [-0.3, -0.25) is 4.99 Å². The summed E-state index contributed by atoms with van der Waals surface area (Å²) in [7, 11) is 0. The third-order valence-electron chi connectivity index (χ3n) is 6.33. The number of piperidine rings is 1. The standard InChI is InChI=1S/C21H28N6OS/c1-3-16(17-15-29-20(25-17)26-19-22-9-2-10-23-19)24-18(4-1)27-11-5-21(6-12-27)7-13-28-14-8-21/h1,3-4,15H,2,5-14H2,(H2,22,23,25,26). The third kappa shape index (κ3) is 4.23. The van der Waals surface area contributed by atoms with E-state index < -0.39 is 0 Å². The predicted molar refractivity (Wildman–Crippen MR) is 118 cm³/mol. The molecule has 0 radical (unpaired) electrons. The van der Waals surface area contributed by atoms with E-state index in [0.717, 1.165) is 74.1 Å². The van der Waals surface area contributed by atoms with E-state index in [9.17, 15) is 0 Å². The van der Waals surface area contributed by atoms with Crippen molar-refractivity contribution in [2.75, 3.05) is 49.6 Å². The van der Waals surface area contributed by atoms with E-state index in [1.165, 1.54) is 25.7 Å². The molecule has 5 heterocycles. The summed E-state index contributed by atoms with van der Waals surface area (Å²) < 4.78 is 5.57. The van der Waals surface area contributed by atoms with Crippen molar-refractivity contribution in [3.63, 3.8) is 0 Å². The Labute approximate surface area is 175 Å². The van der Waals surface area contributed by atoms with Crippen LogP contribution in [0.3, 0.4) is 0 Å². The van der Waals surface area contributed by atoms with Crippen molar-refractivity contribution in [1.82, 2.24) is 15.3 Å². The van der Waals surface area contributed by atoms with Crippen LogP contribution in [0.15, 0.2) is 28.6 Å². The van der Waals surface area contributed by atoms with Gasteiger partial charge in [0, 0.05) is 44.8 Å². The van der Waals surface area contributed by atoms with Crippen molar-refractivity contribution in [2.24, 2.45) is 10.4 Å². The molecule has 0 bridgehead atoms. The molecule has 0 unspecified atom stereocenters. The van der Waals surface area contributed by atoms with Crippen molar-refractivity contribution in [2.45, 2.75) is 32.1 Å². The lowest BCUT2D eigenvalue weighted by Gasteiger charge is -2.44. The SMILES string of the molecule is c1cc(-c2csc(NC3=NCCCN3)n2)nc(N2CCC3(CCOCC3)CC2)c1. The first kappa shape index (κ1) is 18.8. The smallest absolute Gasteiger partial charge is 0.197 e. The zero-order valence-corrected chi connectivity index (χ0v) is 17.5. The second kappa shape index (κ2) is 8.28. The van der Waals surface area contributed by atoms with Crippen molar-refractivity contribution >= 4 is 28.2 Å². The summed E-state index contributed by atoms with van der Waals surface area (Å²) in [6, 6.07) is 6.26. The first-order valence-corrected chi connectivity index (χ1v) is 11.5. The Kier molecular flexibility index (Phi) is 5.37. The summed E-state index contributed by atoms with van der Waals surface area (Å²) in [5.41, 5.74) is 2.34. The molecule has 2 aromatic rings. The first-order valence-electron chi connectivity index (χ1n) is 10.6. The number of guanidine groups is 1. The lowest BCUT2D eigenvalue weighted by Crippen LogP contribution is -2.43. The quantitative estimate of drug-likeness (QED) is 0.805. The van der Waals surface area contributed by atoms with Crippen molar-refractivity contribution in [1.29, 1.82) is 0 Å². The average molecular weight is 413 g/mol. The number of hydrogen-bond donors (Lipinski definition) is 2. The minimum atomic E-state index is 0.498. The van der Waals surface area contributed by atoms with Crippen LogP contribution in [0.1, 0.15) is 32.1 Å². The van der Waals surface area contributed by atoms with Crippen molar-refractivity contribution in [3.8, 4) is 11.4 Å². The van der Waals surface area contributed by atoms with Gasteiger partial charge in [0.25, 0.3) is 0 Å². The van der Waals surface area contributed by atoms with Gasteiger partial charge in [0.15, 0.2) is 11.1 Å². The molecule has 0 atom stereocenters. The number of aromatic nitrogens is 2. The molecular formula is C21H28N6OS. The molecule has 3 aliphatic rings. The number of rotatable bonds is 3. The second-order valence-electron chi connectivity index (χ2n) is 8.15. The highest BCUT2D eigenvalue weighted by Crippen LogP contribution is 2.41. The Bertz CT molecular complexity index is 866. The molecule has 0 saturated carbocycles. The normalized spacial score (nSPS) is 21.5. The molecule has 2 N–H and O–H groups in total. The van der Waals surface area contributed by atoms with Crippen LogP contribution < -0.4 is 15.5 Å². The number of aliphatic imine (C=N–C) groups is 1. The zero-order chi connectivity index (χ0) is 19.5. The van der Waals surface area contributed by atoms with Gasteiger partial charge >= 0.3 is 0 Å². The zero-order valence-electron chi connectivity index (χ0n) is 16.7. The van der Waals surface area contributed by atoms with Crippen LogP contribution in [0.25, 0.3) is 11.4 Å². The molecule has 8 heteroatoms. The monoisotopic (exact) mass is 412 g/mol. The third-order valence-corrected chi connectivity index (χ3v) is 7.08. The lowest BCUT2D eigenvalue weighted by atomic mass is 9.72. The summed E-state index contributed by atoms with van der Waals surface area (Å²) in [5, 5.41) is 9.46. The molecule has 2 aromatic heterocycles. The topological polar surface area (TPSA) is 74.7 Å². The molecule has 154 valence electrons. The van der Waals surface area contributed by atoms with Crippen LogP contribution in [-0.4, -0.2) is 55.3 Å². The van der Waals surface area contributed by atoms with Crippen LogP contribution in [0.4, 0.5) is 10.9 Å². The molecule has 7 nitrogen and oxygen atoms in total. The van der Waals surface area contributed by atoms with Crippen LogP contribution >= 0.6 is 11.3 Å². The molecule has 3 aliphatic heterocycles. The van der Waals surface area contributed by atoms with Gasteiger partial charge in [-0.1, -0.05) is 6.07 Å². The Hall–Kier alpha value is -2.19. The molecule has 1 spiro atoms. The summed E-state index contributed by atoms with van der Waals surface area (Å²) in [6.07, 6.45) is 5.98. The fourth-order valence-corrected chi connectivity index (χ4v) is 5.13. The minimum absolute atomic E-state index is 0.498. The number of ether oxygens (including phenoxy) is 1. The van der Waals surface area contributed by atoms with Crippen molar-refractivity contribution < 1.29 is 4.74 Å². The molecule has 2 saturated heterocycles. The van der Waals surface area contributed by atoms with Crippen LogP contribution in [0.2, 0.25) is 0 Å². The van der Waals surface area contributed by atoms with Crippen molar-refractivity contribution in [3.05, 3.63) is 23.6 Å². The minimum Gasteiger partial charge on any atom is -0.381 e. The molecule has 0 aliphatic carbocycles. The maximum atomic E-state index is 5.57. The first-order chi connectivity index (χ1) is 14.3. The Morgan fingerprint density at radius 1 is 1.07 bits per heavy atom. The lowest BCUT2D eigenvalue weighted by molar-refractivity contribution is 0.00206. The predicted octanol–water partition coefficient (Wildman–Crippen LogP) is 3.36. The number of nitrogens with zero attached hydrogens (tertiary/aromatic N) is 4. The van der Waals surface area contributed by atoms with Gasteiger partial charge < -0.3 is 20.3 Å². The largest absolute Gasteiger partial charge is 0.381 e. The summed E-state index contributed by atoms with van der Waals surface area (Å²) in [5.74, 6) is 1.87. The molecule has 2 fully saturated rings. The second-order valence-corrected chi connectivity index (χ2v) is 9.01. The van der Waals surface area contributed by atoms with E-state index in [2.05, 4.69) is 38.0 Å². The van der Waals surface area contributed by atoms with Crippen LogP contribution in [0.5, 0.6) is 0 Å². The van der Waals surface area contributed by atoms with Gasteiger partial charge in [-0.15, -0.1) is 11.3 Å². The highest BCUT2D eigenvalue weighted by atomic mass is 32.1. The summed E-state index contributed by atoms with van der Waals surface area (Å²) in [6.45, 7) is 5.82. The summed E-state index contributed by atoms with van der Waals surface area (Å²) in [4.78, 5) is 16.5. The van der Waals surface area contributed by atoms with E-state index in [-0.39, 0.29) is 0 Å². The molecule has 0 aromatic carbocycles. The molecule has 29 heavy (non-hydrogen) atoms. The fourth-order valence-electron chi connectivity index (χ4n) is 4.42. The fraction of sp³-hybridized carbons (Fsp3) is 0.571. The van der Waals surface area contributed by atoms with Gasteiger partial charge in [-0.2, -0.15) is 0 Å². The van der Waals surface area contributed by atoms with Gasteiger partial charge in [0.1, 0.15) is 11.5 Å². The van der Waals surface area contributed by atoms with E-state index in [1.807, 2.05) is 6.07 Å². The maximum Gasteiger partial charge on any atom is 0.197 e. The Morgan fingerprint density at radius 2 is 1.93 bits per heavy atom. The van der Waals surface area contributed by atoms with Gasteiger partial charge in [0.05, 0.1) is 5.69 Å². The molecule has 0 amide bonds. The number of pyridine rings is 1. The van der Waals surface area contributed by atoms with Gasteiger partial charge in [-0.25, -0.2) is 9.97 Å². The number of nitrogens with one attached hydrogen (secondary N) is 2. The summed E-state index contributed by atoms with van der Waals surface area (Å²) >= 11 is 1.59. The molecular weight excluding hydrogens is 384 g/mol. The molecule has 5 rings (SSSR count). The van der Waals surface area contributed by atoms with Gasteiger partial charge in [0.2, 0.25) is 0 Å². The Balaban J connectivity index is 1.26. The highest BCUT2D eigenvalue weighted by molar-refractivity contribution is 7.14. The van der Waals surface area contributed by atoms with Gasteiger partial charge in [-0.05, 0) is 49.7 Å². The van der Waals surface area contributed by atoms with E-state index >= 15 is 0 Å². The van der Waals surface area contributed by atoms with E-state index in [0.29, 0.717) is 5.41 Å². The average Bonchev–Trinajstić information content (AvgIpc) is 3.24. The van der Waals surface area contributed by atoms with E-state index in [4.69, 9.17) is 14.7 Å². The maximum absolute atomic E-state index is 5.57. The van der Waals surface area contributed by atoms with E-state index in [1.54, 1.807) is 11.3 Å².